The lowest BCUT2D eigenvalue weighted by molar-refractivity contribution is 0.876. The first-order valence-corrected chi connectivity index (χ1v) is 7.20. The van der Waals surface area contributed by atoms with E-state index in [1.807, 2.05) is 35.7 Å². The smallest absolute Gasteiger partial charge is 0.138 e. The third-order valence-electron chi connectivity index (χ3n) is 2.98. The van der Waals surface area contributed by atoms with Gasteiger partial charge in [0.05, 0.1) is 5.39 Å². The quantitative estimate of drug-likeness (QED) is 0.770. The lowest BCUT2D eigenvalue weighted by Crippen LogP contribution is -2.08. The topological polar surface area (TPSA) is 37.8 Å². The molecular formula is C14H12ClN3S. The number of aromatic nitrogens is 2. The average Bonchev–Trinajstić information content (AvgIpc) is 2.89. The van der Waals surface area contributed by atoms with Crippen LogP contribution in [0.3, 0.4) is 0 Å². The van der Waals surface area contributed by atoms with Crippen molar-refractivity contribution in [3.63, 3.8) is 0 Å². The molecule has 96 valence electrons. The van der Waals surface area contributed by atoms with E-state index in [4.69, 9.17) is 11.6 Å². The Labute approximate surface area is 120 Å². The van der Waals surface area contributed by atoms with Gasteiger partial charge in [-0.25, -0.2) is 9.97 Å². The van der Waals surface area contributed by atoms with Crippen molar-refractivity contribution in [2.75, 3.05) is 5.32 Å². The molecule has 3 rings (SSSR count). The van der Waals surface area contributed by atoms with E-state index >= 15 is 0 Å². The van der Waals surface area contributed by atoms with Crippen LogP contribution < -0.4 is 5.32 Å². The molecule has 0 aliphatic heterocycles. The summed E-state index contributed by atoms with van der Waals surface area (Å²) in [6, 6.07) is 10.0. The zero-order valence-corrected chi connectivity index (χ0v) is 11.9. The van der Waals surface area contributed by atoms with E-state index in [-0.39, 0.29) is 6.04 Å². The fraction of sp³-hybridized carbons (Fsp3) is 0.143. The van der Waals surface area contributed by atoms with Gasteiger partial charge in [-0.15, -0.1) is 11.3 Å². The molecule has 0 saturated carbocycles. The van der Waals surface area contributed by atoms with E-state index < -0.39 is 0 Å². The maximum atomic E-state index is 5.90. The van der Waals surface area contributed by atoms with Gasteiger partial charge in [0.2, 0.25) is 0 Å². The average molecular weight is 290 g/mol. The fourth-order valence-electron chi connectivity index (χ4n) is 1.94. The van der Waals surface area contributed by atoms with Gasteiger partial charge in [-0.05, 0) is 36.1 Å². The van der Waals surface area contributed by atoms with Crippen LogP contribution in [0, 0.1) is 0 Å². The molecule has 3 nitrogen and oxygen atoms in total. The lowest BCUT2D eigenvalue weighted by Gasteiger charge is -2.15. The normalized spacial score (nSPS) is 12.5. The minimum absolute atomic E-state index is 0.162. The van der Waals surface area contributed by atoms with Gasteiger partial charge < -0.3 is 5.32 Å². The van der Waals surface area contributed by atoms with Crippen LogP contribution in [0.2, 0.25) is 5.02 Å². The number of anilines is 1. The Morgan fingerprint density at radius 2 is 1.95 bits per heavy atom. The summed E-state index contributed by atoms with van der Waals surface area (Å²) < 4.78 is 0. The van der Waals surface area contributed by atoms with Crippen molar-refractivity contribution in [3.05, 3.63) is 52.6 Å². The summed E-state index contributed by atoms with van der Waals surface area (Å²) >= 11 is 7.52. The number of hydrogen-bond donors (Lipinski definition) is 1. The SMILES string of the molecule is CC(Nc1ncnc2sccc12)c1ccc(Cl)cc1. The molecule has 0 amide bonds. The number of rotatable bonds is 3. The summed E-state index contributed by atoms with van der Waals surface area (Å²) in [5, 5.41) is 7.26. The predicted molar refractivity (Wildman–Crippen MR) is 80.9 cm³/mol. The monoisotopic (exact) mass is 289 g/mol. The Kier molecular flexibility index (Phi) is 3.36. The molecule has 0 saturated heterocycles. The van der Waals surface area contributed by atoms with Crippen molar-refractivity contribution < 1.29 is 0 Å². The third-order valence-corrected chi connectivity index (χ3v) is 4.06. The summed E-state index contributed by atoms with van der Waals surface area (Å²) in [6.45, 7) is 2.10. The number of hydrogen-bond acceptors (Lipinski definition) is 4. The van der Waals surface area contributed by atoms with E-state index in [0.717, 1.165) is 21.1 Å². The van der Waals surface area contributed by atoms with Crippen LogP contribution in [0.15, 0.2) is 42.0 Å². The Hall–Kier alpha value is -1.65. The first-order valence-electron chi connectivity index (χ1n) is 5.94. The zero-order valence-electron chi connectivity index (χ0n) is 10.3. The molecule has 0 radical (unpaired) electrons. The Morgan fingerprint density at radius 3 is 2.74 bits per heavy atom. The maximum absolute atomic E-state index is 5.90. The highest BCUT2D eigenvalue weighted by Crippen LogP contribution is 2.27. The van der Waals surface area contributed by atoms with Gasteiger partial charge in [-0.2, -0.15) is 0 Å². The summed E-state index contributed by atoms with van der Waals surface area (Å²) in [7, 11) is 0. The highest BCUT2D eigenvalue weighted by atomic mass is 35.5. The molecule has 0 aliphatic carbocycles. The minimum Gasteiger partial charge on any atom is -0.363 e. The Bertz CT molecular complexity index is 693. The molecule has 1 N–H and O–H groups in total. The number of thiophene rings is 1. The summed E-state index contributed by atoms with van der Waals surface area (Å²) in [5.41, 5.74) is 1.17. The van der Waals surface area contributed by atoms with E-state index in [2.05, 4.69) is 22.2 Å². The summed E-state index contributed by atoms with van der Waals surface area (Å²) in [6.07, 6.45) is 1.59. The highest BCUT2D eigenvalue weighted by molar-refractivity contribution is 7.16. The molecule has 5 heteroatoms. The molecule has 0 spiro atoms. The molecule has 0 aliphatic rings. The maximum Gasteiger partial charge on any atom is 0.138 e. The van der Waals surface area contributed by atoms with E-state index in [0.29, 0.717) is 0 Å². The van der Waals surface area contributed by atoms with Gasteiger partial charge in [0, 0.05) is 11.1 Å². The van der Waals surface area contributed by atoms with Crippen LogP contribution in [-0.4, -0.2) is 9.97 Å². The largest absolute Gasteiger partial charge is 0.363 e. The predicted octanol–water partition coefficient (Wildman–Crippen LogP) is 4.52. The molecular weight excluding hydrogens is 278 g/mol. The van der Waals surface area contributed by atoms with Gasteiger partial charge in [0.15, 0.2) is 0 Å². The van der Waals surface area contributed by atoms with Gasteiger partial charge in [0.25, 0.3) is 0 Å². The second kappa shape index (κ2) is 5.15. The second-order valence-corrected chi connectivity index (χ2v) is 5.61. The van der Waals surface area contributed by atoms with E-state index in [1.165, 1.54) is 5.56 Å². The van der Waals surface area contributed by atoms with Gasteiger partial charge in [-0.1, -0.05) is 23.7 Å². The molecule has 1 atom stereocenters. The Balaban J connectivity index is 1.88. The number of halogens is 1. The molecule has 1 aromatic carbocycles. The van der Waals surface area contributed by atoms with Gasteiger partial charge in [-0.3, -0.25) is 0 Å². The van der Waals surface area contributed by atoms with Crippen LogP contribution in [0.5, 0.6) is 0 Å². The molecule has 1 unspecified atom stereocenters. The summed E-state index contributed by atoms with van der Waals surface area (Å²) in [4.78, 5) is 9.56. The van der Waals surface area contributed by atoms with E-state index in [9.17, 15) is 0 Å². The first-order chi connectivity index (χ1) is 9.24. The number of nitrogens with one attached hydrogen (secondary N) is 1. The van der Waals surface area contributed by atoms with Crippen LogP contribution in [0.1, 0.15) is 18.5 Å². The summed E-state index contributed by atoms with van der Waals surface area (Å²) in [5.74, 6) is 0.869. The van der Waals surface area contributed by atoms with Crippen molar-refractivity contribution in [1.29, 1.82) is 0 Å². The van der Waals surface area contributed by atoms with Crippen LogP contribution >= 0.6 is 22.9 Å². The van der Waals surface area contributed by atoms with Crippen LogP contribution in [0.4, 0.5) is 5.82 Å². The van der Waals surface area contributed by atoms with Gasteiger partial charge >= 0.3 is 0 Å². The zero-order chi connectivity index (χ0) is 13.2. The molecule has 2 heterocycles. The van der Waals surface area contributed by atoms with Crippen molar-refractivity contribution in [1.82, 2.24) is 9.97 Å². The first kappa shape index (κ1) is 12.4. The van der Waals surface area contributed by atoms with Crippen LogP contribution in [-0.2, 0) is 0 Å². The molecule has 0 fully saturated rings. The molecule has 2 aromatic heterocycles. The molecule has 3 aromatic rings. The highest BCUT2D eigenvalue weighted by Gasteiger charge is 2.09. The standard InChI is InChI=1S/C14H12ClN3S/c1-9(10-2-4-11(15)5-3-10)18-13-12-6-7-19-14(12)17-8-16-13/h2-9H,1H3,(H,16,17,18). The van der Waals surface area contributed by atoms with Crippen molar-refractivity contribution in [3.8, 4) is 0 Å². The molecule has 19 heavy (non-hydrogen) atoms. The van der Waals surface area contributed by atoms with Gasteiger partial charge in [0.1, 0.15) is 17.0 Å². The minimum atomic E-state index is 0.162. The van der Waals surface area contributed by atoms with Crippen molar-refractivity contribution >= 4 is 39.0 Å². The van der Waals surface area contributed by atoms with Crippen molar-refractivity contribution in [2.45, 2.75) is 13.0 Å². The fourth-order valence-corrected chi connectivity index (χ4v) is 2.80. The lowest BCUT2D eigenvalue weighted by atomic mass is 10.1. The second-order valence-electron chi connectivity index (χ2n) is 4.28. The van der Waals surface area contributed by atoms with Crippen molar-refractivity contribution in [2.24, 2.45) is 0 Å². The number of benzene rings is 1. The number of nitrogens with zero attached hydrogens (tertiary/aromatic N) is 2. The Morgan fingerprint density at radius 1 is 1.16 bits per heavy atom. The number of fused-ring (bicyclic) bond motifs is 1. The molecule has 0 bridgehead atoms. The van der Waals surface area contributed by atoms with Crippen LogP contribution in [0.25, 0.3) is 10.2 Å². The van der Waals surface area contributed by atoms with E-state index in [1.54, 1.807) is 17.7 Å². The third kappa shape index (κ3) is 2.55.